The summed E-state index contributed by atoms with van der Waals surface area (Å²) in [6.07, 6.45) is 3.18. The van der Waals surface area contributed by atoms with Gasteiger partial charge in [0, 0.05) is 0 Å². The van der Waals surface area contributed by atoms with Crippen LogP contribution in [-0.4, -0.2) is 0 Å². The Balaban J connectivity index is 1.47. The van der Waals surface area contributed by atoms with Crippen molar-refractivity contribution in [1.29, 1.82) is 0 Å². The molecule has 4 aromatic rings. The topological polar surface area (TPSA) is 0 Å². The maximum absolute atomic E-state index is 2.29. The Morgan fingerprint density at radius 1 is 0.519 bits per heavy atom. The van der Waals surface area contributed by atoms with Gasteiger partial charge in [0.1, 0.15) is 0 Å². The number of fused-ring (bicyclic) bond motifs is 1. The fourth-order valence-electron chi connectivity index (χ4n) is 3.75. The van der Waals surface area contributed by atoms with E-state index in [1.54, 1.807) is 0 Å². The molecule has 0 unspecified atom stereocenters. The number of aryl methyl sites for hydroxylation is 4. The molecule has 134 valence electrons. The molecule has 27 heavy (non-hydrogen) atoms. The molecule has 0 radical (unpaired) electrons. The first-order valence-corrected chi connectivity index (χ1v) is 9.79. The molecule has 0 aromatic heterocycles. The number of hydrogen-bond acceptors (Lipinski definition) is 0. The minimum absolute atomic E-state index is 0.985. The summed E-state index contributed by atoms with van der Waals surface area (Å²) in [5, 5.41) is 2.74. The van der Waals surface area contributed by atoms with Crippen molar-refractivity contribution in [2.75, 3.05) is 0 Å². The highest BCUT2D eigenvalue weighted by molar-refractivity contribution is 5.88. The van der Waals surface area contributed by atoms with Crippen molar-refractivity contribution < 1.29 is 0 Å². The molecule has 0 saturated carbocycles. The summed E-state index contributed by atoms with van der Waals surface area (Å²) < 4.78 is 0. The normalized spacial score (nSPS) is 11.0. The molecule has 0 saturated heterocycles. The van der Waals surface area contributed by atoms with Gasteiger partial charge in [0.05, 0.1) is 0 Å². The SMILES string of the molecule is Cc1ccc(CCc2ccc(Cc3ccc(C)c4ccccc34)cc2)cc1. The van der Waals surface area contributed by atoms with Gasteiger partial charge in [0.2, 0.25) is 0 Å². The standard InChI is InChI=1S/C27H26/c1-20-7-10-22(11-8-20)12-13-23-14-16-24(17-15-23)19-25-18-9-21(2)26-5-3-4-6-27(25)26/h3-11,14-18H,12-13,19H2,1-2H3. The Bertz CT molecular complexity index is 1040. The molecular weight excluding hydrogens is 324 g/mol. The maximum atomic E-state index is 2.29. The van der Waals surface area contributed by atoms with Crippen molar-refractivity contribution in [3.8, 4) is 0 Å². The van der Waals surface area contributed by atoms with Crippen molar-refractivity contribution in [2.24, 2.45) is 0 Å². The van der Waals surface area contributed by atoms with Gasteiger partial charge in [-0.2, -0.15) is 0 Å². The molecule has 0 N–H and O–H groups in total. The van der Waals surface area contributed by atoms with Gasteiger partial charge >= 0.3 is 0 Å². The van der Waals surface area contributed by atoms with E-state index in [-0.39, 0.29) is 0 Å². The van der Waals surface area contributed by atoms with Gasteiger partial charge in [0.25, 0.3) is 0 Å². The molecule has 0 nitrogen and oxygen atoms in total. The molecule has 0 bridgehead atoms. The van der Waals surface area contributed by atoms with Gasteiger partial charge in [-0.25, -0.2) is 0 Å². The number of hydrogen-bond donors (Lipinski definition) is 0. The molecular formula is C27H26. The van der Waals surface area contributed by atoms with Crippen LogP contribution >= 0.6 is 0 Å². The molecule has 0 heterocycles. The molecule has 0 aliphatic heterocycles. The fourth-order valence-corrected chi connectivity index (χ4v) is 3.75. The molecule has 0 amide bonds. The van der Waals surface area contributed by atoms with E-state index in [1.807, 2.05) is 0 Å². The molecule has 0 atom stereocenters. The van der Waals surface area contributed by atoms with E-state index in [4.69, 9.17) is 0 Å². The third kappa shape index (κ3) is 4.11. The first kappa shape index (κ1) is 17.5. The van der Waals surface area contributed by atoms with E-state index in [0.717, 1.165) is 19.3 Å². The summed E-state index contributed by atoms with van der Waals surface area (Å²) in [5.74, 6) is 0. The van der Waals surface area contributed by atoms with Crippen LogP contribution in [0.1, 0.15) is 33.4 Å². The van der Waals surface area contributed by atoms with Crippen LogP contribution in [0, 0.1) is 13.8 Å². The minimum atomic E-state index is 0.985. The molecule has 0 aliphatic carbocycles. The summed E-state index contributed by atoms with van der Waals surface area (Å²) in [7, 11) is 0. The zero-order chi connectivity index (χ0) is 18.6. The Hall–Kier alpha value is -2.86. The Labute approximate surface area is 162 Å². The lowest BCUT2D eigenvalue weighted by Crippen LogP contribution is -1.94. The third-order valence-corrected chi connectivity index (χ3v) is 5.47. The van der Waals surface area contributed by atoms with Gasteiger partial charge in [0.15, 0.2) is 0 Å². The van der Waals surface area contributed by atoms with Crippen LogP contribution in [-0.2, 0) is 19.3 Å². The predicted octanol–water partition coefficient (Wildman–Crippen LogP) is 6.83. The maximum Gasteiger partial charge on any atom is -0.00196 e. The average molecular weight is 351 g/mol. The van der Waals surface area contributed by atoms with Gasteiger partial charge < -0.3 is 0 Å². The van der Waals surface area contributed by atoms with Crippen LogP contribution < -0.4 is 0 Å². The predicted molar refractivity (Wildman–Crippen MR) is 117 cm³/mol. The van der Waals surface area contributed by atoms with Gasteiger partial charge in [-0.05, 0) is 71.7 Å². The second kappa shape index (κ2) is 7.80. The zero-order valence-electron chi connectivity index (χ0n) is 16.2. The molecule has 4 rings (SSSR count). The summed E-state index contributed by atoms with van der Waals surface area (Å²) in [6.45, 7) is 4.33. The van der Waals surface area contributed by atoms with Crippen LogP contribution in [0.3, 0.4) is 0 Å². The second-order valence-corrected chi connectivity index (χ2v) is 7.57. The highest BCUT2D eigenvalue weighted by atomic mass is 14.1. The Kier molecular flexibility index (Phi) is 5.07. The smallest absolute Gasteiger partial charge is 0.00196 e. The van der Waals surface area contributed by atoms with E-state index in [9.17, 15) is 0 Å². The summed E-state index contributed by atoms with van der Waals surface area (Å²) >= 11 is 0. The minimum Gasteiger partial charge on any atom is -0.0616 e. The van der Waals surface area contributed by atoms with Crippen molar-refractivity contribution in [1.82, 2.24) is 0 Å². The van der Waals surface area contributed by atoms with E-state index in [1.165, 1.54) is 44.2 Å². The van der Waals surface area contributed by atoms with Gasteiger partial charge in [-0.3, -0.25) is 0 Å². The van der Waals surface area contributed by atoms with E-state index >= 15 is 0 Å². The quantitative estimate of drug-likeness (QED) is 0.370. The van der Waals surface area contributed by atoms with E-state index < -0.39 is 0 Å². The number of rotatable bonds is 5. The largest absolute Gasteiger partial charge is 0.0616 e. The first-order chi connectivity index (χ1) is 13.2. The molecule has 0 aliphatic rings. The third-order valence-electron chi connectivity index (χ3n) is 5.47. The molecule has 0 spiro atoms. The van der Waals surface area contributed by atoms with Crippen LogP contribution in [0.15, 0.2) is 84.9 Å². The van der Waals surface area contributed by atoms with Crippen molar-refractivity contribution >= 4 is 10.8 Å². The zero-order valence-corrected chi connectivity index (χ0v) is 16.2. The van der Waals surface area contributed by atoms with Crippen molar-refractivity contribution in [3.05, 3.63) is 118 Å². The monoisotopic (exact) mass is 350 g/mol. The van der Waals surface area contributed by atoms with Crippen LogP contribution in [0.4, 0.5) is 0 Å². The molecule has 0 heteroatoms. The van der Waals surface area contributed by atoms with Crippen molar-refractivity contribution in [2.45, 2.75) is 33.1 Å². The first-order valence-electron chi connectivity index (χ1n) is 9.79. The molecule has 4 aromatic carbocycles. The lowest BCUT2D eigenvalue weighted by Gasteiger charge is -2.10. The van der Waals surface area contributed by atoms with E-state index in [2.05, 4.69) is 98.8 Å². The Morgan fingerprint density at radius 2 is 1.07 bits per heavy atom. The second-order valence-electron chi connectivity index (χ2n) is 7.57. The Morgan fingerprint density at radius 3 is 1.74 bits per heavy atom. The van der Waals surface area contributed by atoms with E-state index in [0.29, 0.717) is 0 Å². The van der Waals surface area contributed by atoms with Crippen molar-refractivity contribution in [3.63, 3.8) is 0 Å². The number of benzene rings is 4. The van der Waals surface area contributed by atoms with Crippen LogP contribution in [0.25, 0.3) is 10.8 Å². The fraction of sp³-hybridized carbons (Fsp3) is 0.185. The van der Waals surface area contributed by atoms with Crippen LogP contribution in [0.2, 0.25) is 0 Å². The van der Waals surface area contributed by atoms with Gasteiger partial charge in [-0.15, -0.1) is 0 Å². The summed E-state index contributed by atoms with van der Waals surface area (Å²) in [4.78, 5) is 0. The summed E-state index contributed by atoms with van der Waals surface area (Å²) in [6, 6.07) is 31.3. The lowest BCUT2D eigenvalue weighted by atomic mass is 9.95. The van der Waals surface area contributed by atoms with Gasteiger partial charge in [-0.1, -0.05) is 90.5 Å². The highest BCUT2D eigenvalue weighted by Gasteiger charge is 2.05. The average Bonchev–Trinajstić information content (AvgIpc) is 2.71. The highest BCUT2D eigenvalue weighted by Crippen LogP contribution is 2.24. The lowest BCUT2D eigenvalue weighted by molar-refractivity contribution is 0.957. The molecule has 0 fully saturated rings. The summed E-state index contributed by atoms with van der Waals surface area (Å²) in [5.41, 5.74) is 8.28. The van der Waals surface area contributed by atoms with Crippen LogP contribution in [0.5, 0.6) is 0 Å².